The van der Waals surface area contributed by atoms with Gasteiger partial charge in [0.1, 0.15) is 12.4 Å². The maximum atomic E-state index is 12.4. The third-order valence-corrected chi connectivity index (χ3v) is 4.64. The number of nitrogens with one attached hydrogen (secondary N) is 1. The summed E-state index contributed by atoms with van der Waals surface area (Å²) in [4.78, 5) is 12.4. The highest BCUT2D eigenvalue weighted by Gasteiger charge is 2.16. The molecule has 0 aromatic heterocycles. The van der Waals surface area contributed by atoms with Crippen LogP contribution in [0.4, 0.5) is 0 Å². The molecule has 2 unspecified atom stereocenters. The number of halogens is 1. The standard InChI is InChI=1S/C20H22ClNO3/c1-14(18-6-2-3-7-19(18)21)22-20(23)15-8-10-16(11-9-15)25-13-17-5-4-12-24-17/h2-3,6-11,14,17H,4-5,12-13H2,1H3,(H,22,23). The van der Waals surface area contributed by atoms with Gasteiger partial charge < -0.3 is 14.8 Å². The summed E-state index contributed by atoms with van der Waals surface area (Å²) < 4.78 is 11.2. The van der Waals surface area contributed by atoms with Crippen LogP contribution in [-0.2, 0) is 4.74 Å². The molecule has 25 heavy (non-hydrogen) atoms. The van der Waals surface area contributed by atoms with E-state index in [0.717, 1.165) is 30.8 Å². The molecular formula is C20H22ClNO3. The molecule has 4 nitrogen and oxygen atoms in total. The van der Waals surface area contributed by atoms with Gasteiger partial charge in [0.25, 0.3) is 5.91 Å². The topological polar surface area (TPSA) is 47.6 Å². The molecule has 0 bridgehead atoms. The normalized spacial score (nSPS) is 17.9. The maximum Gasteiger partial charge on any atom is 0.251 e. The molecule has 1 fully saturated rings. The molecule has 1 aliphatic heterocycles. The molecule has 0 spiro atoms. The maximum absolute atomic E-state index is 12.4. The molecule has 132 valence electrons. The molecule has 0 radical (unpaired) electrons. The molecule has 1 heterocycles. The predicted octanol–water partition coefficient (Wildman–Crippen LogP) is 4.39. The Balaban J connectivity index is 1.56. The average molecular weight is 360 g/mol. The van der Waals surface area contributed by atoms with Gasteiger partial charge in [0.2, 0.25) is 0 Å². The molecule has 1 aliphatic rings. The van der Waals surface area contributed by atoms with Crippen LogP contribution in [0.1, 0.15) is 41.7 Å². The second kappa shape index (κ2) is 8.37. The zero-order valence-corrected chi connectivity index (χ0v) is 15.0. The molecular weight excluding hydrogens is 338 g/mol. The number of ether oxygens (including phenoxy) is 2. The number of amides is 1. The Bertz CT molecular complexity index is 711. The van der Waals surface area contributed by atoms with E-state index in [-0.39, 0.29) is 18.1 Å². The van der Waals surface area contributed by atoms with Gasteiger partial charge in [-0.25, -0.2) is 0 Å². The summed E-state index contributed by atoms with van der Waals surface area (Å²) in [6.07, 6.45) is 2.32. The lowest BCUT2D eigenvalue weighted by molar-refractivity contribution is 0.0679. The second-order valence-electron chi connectivity index (χ2n) is 6.19. The zero-order valence-electron chi connectivity index (χ0n) is 14.2. The van der Waals surface area contributed by atoms with Gasteiger partial charge in [0, 0.05) is 17.2 Å². The van der Waals surface area contributed by atoms with E-state index in [1.807, 2.05) is 43.3 Å². The summed E-state index contributed by atoms with van der Waals surface area (Å²) in [6.45, 7) is 3.28. The molecule has 1 N–H and O–H groups in total. The Morgan fingerprint density at radius 3 is 2.72 bits per heavy atom. The van der Waals surface area contributed by atoms with Gasteiger partial charge in [-0.15, -0.1) is 0 Å². The van der Waals surface area contributed by atoms with Crippen LogP contribution in [0.25, 0.3) is 0 Å². The van der Waals surface area contributed by atoms with Crippen LogP contribution < -0.4 is 10.1 Å². The highest BCUT2D eigenvalue weighted by molar-refractivity contribution is 6.31. The monoisotopic (exact) mass is 359 g/mol. The van der Waals surface area contributed by atoms with Gasteiger partial charge in [-0.05, 0) is 55.7 Å². The van der Waals surface area contributed by atoms with E-state index >= 15 is 0 Å². The van der Waals surface area contributed by atoms with Gasteiger partial charge in [-0.1, -0.05) is 29.8 Å². The lowest BCUT2D eigenvalue weighted by atomic mass is 10.1. The quantitative estimate of drug-likeness (QED) is 0.832. The first-order valence-corrected chi connectivity index (χ1v) is 8.91. The fourth-order valence-electron chi connectivity index (χ4n) is 2.85. The summed E-state index contributed by atoms with van der Waals surface area (Å²) in [5.74, 6) is 0.601. The number of benzene rings is 2. The molecule has 3 rings (SSSR count). The molecule has 2 aromatic carbocycles. The fraction of sp³-hybridized carbons (Fsp3) is 0.350. The first-order valence-electron chi connectivity index (χ1n) is 8.53. The van der Waals surface area contributed by atoms with Crippen molar-refractivity contribution in [1.29, 1.82) is 0 Å². The Morgan fingerprint density at radius 2 is 2.04 bits per heavy atom. The number of carbonyl (C=O) groups is 1. The smallest absolute Gasteiger partial charge is 0.251 e. The number of rotatable bonds is 6. The van der Waals surface area contributed by atoms with Crippen molar-refractivity contribution in [3.05, 3.63) is 64.7 Å². The first kappa shape index (κ1) is 17.8. The van der Waals surface area contributed by atoms with Crippen LogP contribution in [0, 0.1) is 0 Å². The van der Waals surface area contributed by atoms with Gasteiger partial charge >= 0.3 is 0 Å². The van der Waals surface area contributed by atoms with Crippen molar-refractivity contribution >= 4 is 17.5 Å². The molecule has 2 atom stereocenters. The number of hydrogen-bond donors (Lipinski definition) is 1. The molecule has 1 amide bonds. The van der Waals surface area contributed by atoms with Crippen LogP contribution in [0.3, 0.4) is 0 Å². The van der Waals surface area contributed by atoms with Gasteiger partial charge in [0.15, 0.2) is 0 Å². The van der Waals surface area contributed by atoms with E-state index in [2.05, 4.69) is 5.32 Å². The van der Waals surface area contributed by atoms with Crippen LogP contribution in [0.2, 0.25) is 5.02 Å². The minimum atomic E-state index is -0.170. The van der Waals surface area contributed by atoms with E-state index in [4.69, 9.17) is 21.1 Å². The summed E-state index contributed by atoms with van der Waals surface area (Å²) in [5.41, 5.74) is 1.48. The average Bonchev–Trinajstić information content (AvgIpc) is 3.14. The highest BCUT2D eigenvalue weighted by Crippen LogP contribution is 2.23. The van der Waals surface area contributed by atoms with Crippen molar-refractivity contribution in [1.82, 2.24) is 5.32 Å². The van der Waals surface area contributed by atoms with Crippen LogP contribution in [0.15, 0.2) is 48.5 Å². The molecule has 5 heteroatoms. The minimum Gasteiger partial charge on any atom is -0.491 e. The fourth-order valence-corrected chi connectivity index (χ4v) is 3.15. The second-order valence-corrected chi connectivity index (χ2v) is 6.59. The SMILES string of the molecule is CC(NC(=O)c1ccc(OCC2CCCO2)cc1)c1ccccc1Cl. The summed E-state index contributed by atoms with van der Waals surface area (Å²) >= 11 is 6.18. The first-order chi connectivity index (χ1) is 12.1. The van der Waals surface area contributed by atoms with Gasteiger partial charge in [0.05, 0.1) is 12.1 Å². The van der Waals surface area contributed by atoms with Crippen molar-refractivity contribution in [2.24, 2.45) is 0 Å². The van der Waals surface area contributed by atoms with Crippen molar-refractivity contribution in [2.45, 2.75) is 31.9 Å². The van der Waals surface area contributed by atoms with E-state index in [1.54, 1.807) is 12.1 Å². The van der Waals surface area contributed by atoms with E-state index < -0.39 is 0 Å². The highest BCUT2D eigenvalue weighted by atomic mass is 35.5. The number of carbonyl (C=O) groups excluding carboxylic acids is 1. The van der Waals surface area contributed by atoms with Crippen molar-refractivity contribution in [2.75, 3.05) is 13.2 Å². The predicted molar refractivity (Wildman–Crippen MR) is 98.2 cm³/mol. The molecule has 2 aromatic rings. The Labute approximate surface area is 153 Å². The Morgan fingerprint density at radius 1 is 1.28 bits per heavy atom. The van der Waals surface area contributed by atoms with Crippen LogP contribution >= 0.6 is 11.6 Å². The minimum absolute atomic E-state index is 0.141. The zero-order chi connectivity index (χ0) is 17.6. The summed E-state index contributed by atoms with van der Waals surface area (Å²) in [6, 6.07) is 14.5. The van der Waals surface area contributed by atoms with Gasteiger partial charge in [-0.3, -0.25) is 4.79 Å². The van der Waals surface area contributed by atoms with Crippen molar-refractivity contribution < 1.29 is 14.3 Å². The Kier molecular flexibility index (Phi) is 5.95. The summed E-state index contributed by atoms with van der Waals surface area (Å²) in [5, 5.41) is 3.61. The lowest BCUT2D eigenvalue weighted by Crippen LogP contribution is -2.26. The van der Waals surface area contributed by atoms with E-state index in [1.165, 1.54) is 0 Å². The third-order valence-electron chi connectivity index (χ3n) is 4.30. The van der Waals surface area contributed by atoms with E-state index in [0.29, 0.717) is 17.2 Å². The van der Waals surface area contributed by atoms with E-state index in [9.17, 15) is 4.79 Å². The third kappa shape index (κ3) is 4.74. The lowest BCUT2D eigenvalue weighted by Gasteiger charge is -2.16. The van der Waals surface area contributed by atoms with Crippen LogP contribution in [-0.4, -0.2) is 25.2 Å². The van der Waals surface area contributed by atoms with Crippen molar-refractivity contribution in [3.8, 4) is 5.75 Å². The Hall–Kier alpha value is -2.04. The number of hydrogen-bond acceptors (Lipinski definition) is 3. The largest absolute Gasteiger partial charge is 0.491 e. The van der Waals surface area contributed by atoms with Crippen molar-refractivity contribution in [3.63, 3.8) is 0 Å². The molecule has 1 saturated heterocycles. The van der Waals surface area contributed by atoms with Gasteiger partial charge in [-0.2, -0.15) is 0 Å². The summed E-state index contributed by atoms with van der Waals surface area (Å²) in [7, 11) is 0. The molecule has 0 saturated carbocycles. The van der Waals surface area contributed by atoms with Crippen LogP contribution in [0.5, 0.6) is 5.75 Å². The molecule has 0 aliphatic carbocycles.